The highest BCUT2D eigenvalue weighted by Crippen LogP contribution is 2.22. The minimum atomic E-state index is -0.842. The molecule has 1 aliphatic heterocycles. The molecule has 5 nitrogen and oxygen atoms in total. The number of rotatable bonds is 3. The van der Waals surface area contributed by atoms with Gasteiger partial charge in [0.1, 0.15) is 0 Å². The summed E-state index contributed by atoms with van der Waals surface area (Å²) in [4.78, 5) is 13.9. The van der Waals surface area contributed by atoms with Crippen LogP contribution in [0.15, 0.2) is 18.2 Å². The van der Waals surface area contributed by atoms with Crippen LogP contribution in [0, 0.1) is 6.92 Å². The summed E-state index contributed by atoms with van der Waals surface area (Å²) in [6.45, 7) is 3.27. The van der Waals surface area contributed by atoms with Crippen molar-refractivity contribution in [2.24, 2.45) is 0 Å². The summed E-state index contributed by atoms with van der Waals surface area (Å²) >= 11 is 0. The van der Waals surface area contributed by atoms with E-state index in [4.69, 9.17) is 10.5 Å². The zero-order valence-corrected chi connectivity index (χ0v) is 12.1. The Morgan fingerprint density at radius 2 is 2.10 bits per heavy atom. The van der Waals surface area contributed by atoms with E-state index in [1.807, 2.05) is 6.92 Å². The number of nitrogens with zero attached hydrogens (tertiary/aromatic N) is 1. The topological polar surface area (TPSA) is 75.8 Å². The van der Waals surface area contributed by atoms with Gasteiger partial charge in [-0.15, -0.1) is 0 Å². The quantitative estimate of drug-likeness (QED) is 0.814. The summed E-state index contributed by atoms with van der Waals surface area (Å²) in [7, 11) is 1.71. The first-order valence-electron chi connectivity index (χ1n) is 6.83. The van der Waals surface area contributed by atoms with E-state index in [1.54, 1.807) is 30.1 Å². The van der Waals surface area contributed by atoms with Crippen LogP contribution in [-0.4, -0.2) is 48.3 Å². The number of carbonyl (C=O) groups is 1. The van der Waals surface area contributed by atoms with Crippen molar-refractivity contribution in [3.8, 4) is 0 Å². The first-order valence-corrected chi connectivity index (χ1v) is 6.83. The van der Waals surface area contributed by atoms with E-state index in [9.17, 15) is 9.90 Å². The SMILES string of the molecule is Cc1cc(C(=O)N(C)CC2(O)CCOCC2)ccc1N. The molecule has 0 atom stereocenters. The minimum Gasteiger partial charge on any atom is -0.399 e. The second-order valence-corrected chi connectivity index (χ2v) is 5.57. The van der Waals surface area contributed by atoms with E-state index in [0.29, 0.717) is 43.9 Å². The molecule has 1 saturated heterocycles. The fourth-order valence-electron chi connectivity index (χ4n) is 2.45. The molecule has 0 bridgehead atoms. The van der Waals surface area contributed by atoms with Gasteiger partial charge in [-0.1, -0.05) is 0 Å². The molecule has 0 radical (unpaired) electrons. The second-order valence-electron chi connectivity index (χ2n) is 5.57. The normalized spacial score (nSPS) is 17.8. The fraction of sp³-hybridized carbons (Fsp3) is 0.533. The minimum absolute atomic E-state index is 0.104. The number of aliphatic hydroxyl groups is 1. The number of anilines is 1. The van der Waals surface area contributed by atoms with Crippen molar-refractivity contribution < 1.29 is 14.6 Å². The van der Waals surface area contributed by atoms with Crippen molar-refractivity contribution in [1.29, 1.82) is 0 Å². The molecule has 0 spiro atoms. The van der Waals surface area contributed by atoms with E-state index in [2.05, 4.69) is 0 Å². The van der Waals surface area contributed by atoms with Crippen molar-refractivity contribution >= 4 is 11.6 Å². The van der Waals surface area contributed by atoms with Gasteiger partial charge in [-0.3, -0.25) is 4.79 Å². The average molecular weight is 278 g/mol. The van der Waals surface area contributed by atoms with Crippen LogP contribution >= 0.6 is 0 Å². The summed E-state index contributed by atoms with van der Waals surface area (Å²) in [5, 5.41) is 10.4. The summed E-state index contributed by atoms with van der Waals surface area (Å²) in [5.74, 6) is -0.104. The monoisotopic (exact) mass is 278 g/mol. The molecule has 5 heteroatoms. The summed E-state index contributed by atoms with van der Waals surface area (Å²) in [6, 6.07) is 5.23. The van der Waals surface area contributed by atoms with Crippen LogP contribution in [-0.2, 0) is 4.74 Å². The molecule has 0 saturated carbocycles. The van der Waals surface area contributed by atoms with Gasteiger partial charge in [-0.25, -0.2) is 0 Å². The van der Waals surface area contributed by atoms with Gasteiger partial charge in [0.25, 0.3) is 5.91 Å². The van der Waals surface area contributed by atoms with E-state index in [0.717, 1.165) is 5.56 Å². The predicted octanol–water partition coefficient (Wildman–Crippen LogP) is 1.19. The first kappa shape index (κ1) is 14.8. The molecular formula is C15H22N2O3. The average Bonchev–Trinajstić information content (AvgIpc) is 2.41. The Kier molecular flexibility index (Phi) is 4.30. The van der Waals surface area contributed by atoms with Crippen LogP contribution in [0.2, 0.25) is 0 Å². The molecule has 1 fully saturated rings. The highest BCUT2D eigenvalue weighted by molar-refractivity contribution is 5.94. The smallest absolute Gasteiger partial charge is 0.253 e. The fourth-order valence-corrected chi connectivity index (χ4v) is 2.45. The third-order valence-corrected chi connectivity index (χ3v) is 3.82. The van der Waals surface area contributed by atoms with Crippen LogP contribution in [0.3, 0.4) is 0 Å². The van der Waals surface area contributed by atoms with Crippen LogP contribution in [0.25, 0.3) is 0 Å². The highest BCUT2D eigenvalue weighted by Gasteiger charge is 2.32. The van der Waals surface area contributed by atoms with Crippen molar-refractivity contribution in [2.75, 3.05) is 32.5 Å². The Bertz CT molecular complexity index is 496. The van der Waals surface area contributed by atoms with Gasteiger partial charge in [0.05, 0.1) is 5.60 Å². The number of hydrogen-bond donors (Lipinski definition) is 2. The van der Waals surface area contributed by atoms with E-state index < -0.39 is 5.60 Å². The molecule has 2 rings (SSSR count). The zero-order valence-electron chi connectivity index (χ0n) is 12.1. The Morgan fingerprint density at radius 3 is 2.70 bits per heavy atom. The van der Waals surface area contributed by atoms with Crippen molar-refractivity contribution in [1.82, 2.24) is 4.90 Å². The third-order valence-electron chi connectivity index (χ3n) is 3.82. The molecule has 0 unspecified atom stereocenters. The lowest BCUT2D eigenvalue weighted by Gasteiger charge is -2.35. The molecule has 1 aromatic rings. The maximum atomic E-state index is 12.4. The molecule has 20 heavy (non-hydrogen) atoms. The maximum Gasteiger partial charge on any atom is 0.253 e. The maximum absolute atomic E-state index is 12.4. The number of benzene rings is 1. The van der Waals surface area contributed by atoms with Gasteiger partial charge in [-0.2, -0.15) is 0 Å². The number of nitrogen functional groups attached to an aromatic ring is 1. The Labute approximate surface area is 119 Å². The molecule has 0 aromatic heterocycles. The second kappa shape index (κ2) is 5.81. The Balaban J connectivity index is 2.06. The Morgan fingerprint density at radius 1 is 1.45 bits per heavy atom. The lowest BCUT2D eigenvalue weighted by atomic mass is 9.93. The number of hydrogen-bond acceptors (Lipinski definition) is 4. The van der Waals surface area contributed by atoms with Crippen LogP contribution < -0.4 is 5.73 Å². The summed E-state index contributed by atoms with van der Waals surface area (Å²) in [5.41, 5.74) is 7.06. The van der Waals surface area contributed by atoms with E-state index >= 15 is 0 Å². The third kappa shape index (κ3) is 3.29. The molecule has 1 heterocycles. The van der Waals surface area contributed by atoms with Gasteiger partial charge < -0.3 is 20.5 Å². The van der Waals surface area contributed by atoms with E-state index in [-0.39, 0.29) is 5.91 Å². The molecule has 1 aliphatic rings. The number of nitrogens with two attached hydrogens (primary N) is 1. The van der Waals surface area contributed by atoms with Crippen LogP contribution in [0.4, 0.5) is 5.69 Å². The molecular weight excluding hydrogens is 256 g/mol. The van der Waals surface area contributed by atoms with Crippen LogP contribution in [0.5, 0.6) is 0 Å². The largest absolute Gasteiger partial charge is 0.399 e. The number of amides is 1. The Hall–Kier alpha value is -1.59. The number of likely N-dealkylation sites (N-methyl/N-ethyl adjacent to an activating group) is 1. The summed E-state index contributed by atoms with van der Waals surface area (Å²) in [6.07, 6.45) is 1.12. The van der Waals surface area contributed by atoms with Crippen molar-refractivity contribution in [2.45, 2.75) is 25.4 Å². The molecule has 0 aliphatic carbocycles. The van der Waals surface area contributed by atoms with Gasteiger partial charge >= 0.3 is 0 Å². The van der Waals surface area contributed by atoms with Gasteiger partial charge in [0.15, 0.2) is 0 Å². The first-order chi connectivity index (χ1) is 9.41. The molecule has 3 N–H and O–H groups in total. The van der Waals surface area contributed by atoms with Crippen molar-refractivity contribution in [3.63, 3.8) is 0 Å². The predicted molar refractivity (Wildman–Crippen MR) is 77.6 cm³/mol. The van der Waals surface area contributed by atoms with Crippen LogP contribution in [0.1, 0.15) is 28.8 Å². The number of ether oxygens (including phenoxy) is 1. The van der Waals surface area contributed by atoms with Crippen molar-refractivity contribution in [3.05, 3.63) is 29.3 Å². The lowest BCUT2D eigenvalue weighted by molar-refractivity contribution is -0.0734. The van der Waals surface area contributed by atoms with E-state index in [1.165, 1.54) is 0 Å². The number of carbonyl (C=O) groups excluding carboxylic acids is 1. The zero-order chi connectivity index (χ0) is 14.8. The van der Waals surface area contributed by atoms with Gasteiger partial charge in [-0.05, 0) is 30.7 Å². The molecule has 1 aromatic carbocycles. The molecule has 110 valence electrons. The lowest BCUT2D eigenvalue weighted by Crippen LogP contribution is -2.47. The van der Waals surface area contributed by atoms with Gasteiger partial charge in [0, 0.05) is 50.9 Å². The standard InChI is InChI=1S/C15H22N2O3/c1-11-9-12(3-4-13(11)16)14(18)17(2)10-15(19)5-7-20-8-6-15/h3-4,9,19H,5-8,10,16H2,1-2H3. The highest BCUT2D eigenvalue weighted by atomic mass is 16.5. The van der Waals surface area contributed by atoms with Gasteiger partial charge in [0.2, 0.25) is 0 Å². The number of aryl methyl sites for hydroxylation is 1. The summed E-state index contributed by atoms with van der Waals surface area (Å²) < 4.78 is 5.24. The molecule has 1 amide bonds.